The van der Waals surface area contributed by atoms with Gasteiger partial charge in [-0.3, -0.25) is 0 Å². The molecule has 1 nitrogen and oxygen atoms in total. The minimum atomic E-state index is 0.165. The summed E-state index contributed by atoms with van der Waals surface area (Å²) >= 11 is 0. The molecule has 0 saturated carbocycles. The summed E-state index contributed by atoms with van der Waals surface area (Å²) < 4.78 is 5.54. The van der Waals surface area contributed by atoms with E-state index in [0.717, 1.165) is 5.58 Å². The number of benzene rings is 1. The lowest BCUT2D eigenvalue weighted by atomic mass is 9.81. The SMILES string of the molecule is Cc1ccc2occ(C)c2c1C(C)(C)C. The van der Waals surface area contributed by atoms with Crippen LogP contribution < -0.4 is 0 Å². The largest absolute Gasteiger partial charge is 0.464 e. The van der Waals surface area contributed by atoms with E-state index in [-0.39, 0.29) is 5.41 Å². The van der Waals surface area contributed by atoms with Crippen molar-refractivity contribution >= 4 is 11.0 Å². The first kappa shape index (κ1) is 10.3. The summed E-state index contributed by atoms with van der Waals surface area (Å²) in [6, 6.07) is 4.21. The molecule has 0 radical (unpaired) electrons. The average molecular weight is 202 g/mol. The molecule has 1 heterocycles. The molecule has 0 aliphatic carbocycles. The summed E-state index contributed by atoms with van der Waals surface area (Å²) in [5.41, 5.74) is 5.16. The molecular formula is C14H18O. The van der Waals surface area contributed by atoms with Gasteiger partial charge in [0.2, 0.25) is 0 Å². The van der Waals surface area contributed by atoms with E-state index in [0.29, 0.717) is 0 Å². The van der Waals surface area contributed by atoms with Gasteiger partial charge >= 0.3 is 0 Å². The Bertz CT molecular complexity index is 498. The Morgan fingerprint density at radius 2 is 1.67 bits per heavy atom. The van der Waals surface area contributed by atoms with Gasteiger partial charge in [-0.25, -0.2) is 0 Å². The van der Waals surface area contributed by atoms with E-state index in [4.69, 9.17) is 4.42 Å². The Kier molecular flexibility index (Phi) is 2.14. The van der Waals surface area contributed by atoms with Crippen molar-refractivity contribution in [3.05, 3.63) is 35.1 Å². The average Bonchev–Trinajstić information content (AvgIpc) is 2.46. The van der Waals surface area contributed by atoms with Gasteiger partial charge in [0.25, 0.3) is 0 Å². The third kappa shape index (κ3) is 1.56. The molecular weight excluding hydrogens is 184 g/mol. The first-order valence-electron chi connectivity index (χ1n) is 5.39. The molecule has 1 heteroatoms. The Balaban J connectivity index is 2.90. The van der Waals surface area contributed by atoms with E-state index in [1.54, 1.807) is 0 Å². The lowest BCUT2D eigenvalue weighted by Gasteiger charge is -2.23. The van der Waals surface area contributed by atoms with Gasteiger partial charge in [-0.2, -0.15) is 0 Å². The minimum absolute atomic E-state index is 0.165. The Morgan fingerprint density at radius 3 is 2.27 bits per heavy atom. The molecule has 0 fully saturated rings. The van der Waals surface area contributed by atoms with Crippen LogP contribution in [0.15, 0.2) is 22.8 Å². The van der Waals surface area contributed by atoms with Crippen LogP contribution in [0.25, 0.3) is 11.0 Å². The second-order valence-electron chi connectivity index (χ2n) is 5.30. The summed E-state index contributed by atoms with van der Waals surface area (Å²) in [5.74, 6) is 0. The fourth-order valence-electron chi connectivity index (χ4n) is 2.35. The van der Waals surface area contributed by atoms with Gasteiger partial charge in [0.1, 0.15) is 5.58 Å². The summed E-state index contributed by atoms with van der Waals surface area (Å²) in [4.78, 5) is 0. The van der Waals surface area contributed by atoms with E-state index in [1.165, 1.54) is 22.1 Å². The van der Waals surface area contributed by atoms with Gasteiger partial charge < -0.3 is 4.42 Å². The molecule has 0 N–H and O–H groups in total. The van der Waals surface area contributed by atoms with Crippen LogP contribution in [0.5, 0.6) is 0 Å². The standard InChI is InChI=1S/C14H18O/c1-9-6-7-11-12(10(2)8-15-11)13(9)14(3,4)5/h6-8H,1-5H3. The normalized spacial score (nSPS) is 12.3. The number of rotatable bonds is 0. The number of aryl methyl sites for hydroxylation is 2. The Labute approximate surface area is 91.1 Å². The van der Waals surface area contributed by atoms with Crippen LogP contribution in [0.3, 0.4) is 0 Å². The highest BCUT2D eigenvalue weighted by Gasteiger charge is 2.21. The number of hydrogen-bond acceptors (Lipinski definition) is 1. The van der Waals surface area contributed by atoms with Gasteiger partial charge in [-0.1, -0.05) is 26.8 Å². The smallest absolute Gasteiger partial charge is 0.134 e. The molecule has 2 rings (SSSR count). The quantitative estimate of drug-likeness (QED) is 0.619. The fraction of sp³-hybridized carbons (Fsp3) is 0.429. The van der Waals surface area contributed by atoms with Crippen LogP contribution in [0, 0.1) is 13.8 Å². The Hall–Kier alpha value is -1.24. The lowest BCUT2D eigenvalue weighted by molar-refractivity contribution is 0.588. The maximum Gasteiger partial charge on any atom is 0.134 e. The van der Waals surface area contributed by atoms with E-state index in [1.807, 2.05) is 6.26 Å². The highest BCUT2D eigenvalue weighted by Crippen LogP contribution is 2.35. The zero-order valence-corrected chi connectivity index (χ0v) is 10.1. The van der Waals surface area contributed by atoms with Gasteiger partial charge in [0.05, 0.1) is 6.26 Å². The van der Waals surface area contributed by atoms with Crippen molar-refractivity contribution in [1.29, 1.82) is 0 Å². The first-order chi connectivity index (χ1) is 6.91. The molecule has 0 bridgehead atoms. The monoisotopic (exact) mass is 202 g/mol. The van der Waals surface area contributed by atoms with Gasteiger partial charge in [-0.15, -0.1) is 0 Å². The maximum absolute atomic E-state index is 5.54. The molecule has 2 aromatic rings. The fourth-order valence-corrected chi connectivity index (χ4v) is 2.35. The number of furan rings is 1. The van der Waals surface area contributed by atoms with Crippen LogP contribution in [0.1, 0.15) is 37.5 Å². The maximum atomic E-state index is 5.54. The van der Waals surface area contributed by atoms with Crippen molar-refractivity contribution < 1.29 is 4.42 Å². The van der Waals surface area contributed by atoms with E-state index in [2.05, 4.69) is 46.8 Å². The highest BCUT2D eigenvalue weighted by atomic mass is 16.3. The van der Waals surface area contributed by atoms with Crippen molar-refractivity contribution in [1.82, 2.24) is 0 Å². The topological polar surface area (TPSA) is 13.1 Å². The van der Waals surface area contributed by atoms with Crippen molar-refractivity contribution in [3.8, 4) is 0 Å². The van der Waals surface area contributed by atoms with Crippen LogP contribution in [0.4, 0.5) is 0 Å². The van der Waals surface area contributed by atoms with Crippen molar-refractivity contribution in [2.75, 3.05) is 0 Å². The highest BCUT2D eigenvalue weighted by molar-refractivity contribution is 5.86. The molecule has 1 aromatic carbocycles. The zero-order chi connectivity index (χ0) is 11.2. The number of hydrogen-bond donors (Lipinski definition) is 0. The second-order valence-corrected chi connectivity index (χ2v) is 5.30. The molecule has 0 aliphatic heterocycles. The second kappa shape index (κ2) is 3.13. The van der Waals surface area contributed by atoms with Crippen LogP contribution >= 0.6 is 0 Å². The van der Waals surface area contributed by atoms with Gasteiger partial charge in [0, 0.05) is 5.39 Å². The van der Waals surface area contributed by atoms with E-state index < -0.39 is 0 Å². The molecule has 0 saturated heterocycles. The summed E-state index contributed by atoms with van der Waals surface area (Å²) in [6.45, 7) is 11.0. The third-order valence-corrected chi connectivity index (χ3v) is 2.88. The van der Waals surface area contributed by atoms with Gasteiger partial charge in [0.15, 0.2) is 0 Å². The molecule has 80 valence electrons. The summed E-state index contributed by atoms with van der Waals surface area (Å²) in [7, 11) is 0. The van der Waals surface area contributed by atoms with E-state index in [9.17, 15) is 0 Å². The summed E-state index contributed by atoms with van der Waals surface area (Å²) in [5, 5.41) is 1.29. The Morgan fingerprint density at radius 1 is 1.00 bits per heavy atom. The minimum Gasteiger partial charge on any atom is -0.464 e. The molecule has 1 aromatic heterocycles. The van der Waals surface area contributed by atoms with Gasteiger partial charge in [-0.05, 0) is 42.0 Å². The van der Waals surface area contributed by atoms with E-state index >= 15 is 0 Å². The molecule has 0 amide bonds. The van der Waals surface area contributed by atoms with Crippen LogP contribution in [-0.4, -0.2) is 0 Å². The van der Waals surface area contributed by atoms with Crippen LogP contribution in [0.2, 0.25) is 0 Å². The molecule has 0 spiro atoms. The van der Waals surface area contributed by atoms with Crippen molar-refractivity contribution in [2.45, 2.75) is 40.0 Å². The van der Waals surface area contributed by atoms with Crippen molar-refractivity contribution in [3.63, 3.8) is 0 Å². The summed E-state index contributed by atoms with van der Waals surface area (Å²) in [6.07, 6.45) is 1.85. The van der Waals surface area contributed by atoms with Crippen molar-refractivity contribution in [2.24, 2.45) is 0 Å². The molecule has 0 aliphatic rings. The predicted octanol–water partition coefficient (Wildman–Crippen LogP) is 4.35. The lowest BCUT2D eigenvalue weighted by Crippen LogP contribution is -2.13. The van der Waals surface area contributed by atoms with Crippen LogP contribution in [-0.2, 0) is 5.41 Å². The third-order valence-electron chi connectivity index (χ3n) is 2.88. The molecule has 0 unspecified atom stereocenters. The first-order valence-corrected chi connectivity index (χ1v) is 5.39. The molecule has 15 heavy (non-hydrogen) atoms. The molecule has 0 atom stereocenters. The zero-order valence-electron chi connectivity index (χ0n) is 10.1. The predicted molar refractivity (Wildman–Crippen MR) is 64.4 cm³/mol. The number of fused-ring (bicyclic) bond motifs is 1.